The Bertz CT molecular complexity index is 235. The summed E-state index contributed by atoms with van der Waals surface area (Å²) in [6.07, 6.45) is 11.9. The molecule has 0 fully saturated rings. The first kappa shape index (κ1) is 25.6. The molecule has 0 aromatic carbocycles. The first-order chi connectivity index (χ1) is 11.6. The van der Waals surface area contributed by atoms with Crippen molar-refractivity contribution >= 4 is 5.97 Å². The summed E-state index contributed by atoms with van der Waals surface area (Å²) in [4.78, 5) is 12.7. The summed E-state index contributed by atoms with van der Waals surface area (Å²) < 4.78 is 12.1. The van der Waals surface area contributed by atoms with Gasteiger partial charge in [0.25, 0.3) is 0 Å². The third-order valence-electron chi connectivity index (χ3n) is 4.48. The highest BCUT2D eigenvalue weighted by Crippen LogP contribution is 2.16. The molecule has 0 aliphatic heterocycles. The van der Waals surface area contributed by atoms with E-state index >= 15 is 0 Å². The van der Waals surface area contributed by atoms with Gasteiger partial charge >= 0.3 is 5.97 Å². The minimum Gasteiger partial charge on any atom is -0.324 e. The predicted molar refractivity (Wildman–Crippen MR) is 101 cm³/mol. The van der Waals surface area contributed by atoms with Crippen molar-refractivity contribution in [1.29, 1.82) is 0 Å². The summed E-state index contributed by atoms with van der Waals surface area (Å²) in [6, 6.07) is 0. The summed E-state index contributed by atoms with van der Waals surface area (Å²) in [5.74, 6) is -0.789. The first-order valence-corrected chi connectivity index (χ1v) is 10.2. The van der Waals surface area contributed by atoms with Crippen LogP contribution in [0, 0.1) is 0 Å². The number of hydrogen-bond acceptors (Lipinski definition) is 2. The molecule has 0 atom stereocenters. The average Bonchev–Trinajstić information content (AvgIpc) is 2.61. The average molecular weight is 349 g/mol. The zero-order valence-corrected chi connectivity index (χ0v) is 17.0. The van der Waals surface area contributed by atoms with Crippen molar-refractivity contribution in [2.24, 2.45) is 0 Å². The Labute approximate surface area is 150 Å². The Hall–Kier alpha value is -0.640. The first-order valence-electron chi connectivity index (χ1n) is 10.2. The van der Waals surface area contributed by atoms with Crippen LogP contribution in [0.3, 0.4) is 0 Å². The molecule has 0 aromatic rings. The lowest BCUT2D eigenvalue weighted by Gasteiger charge is -2.39. The van der Waals surface area contributed by atoms with E-state index in [1.165, 1.54) is 82.0 Å². The zero-order valence-electron chi connectivity index (χ0n) is 17.0. The van der Waals surface area contributed by atoms with Gasteiger partial charge in [-0.1, -0.05) is 60.3 Å². The van der Waals surface area contributed by atoms with Gasteiger partial charge in [0.15, 0.2) is 0 Å². The van der Waals surface area contributed by atoms with Gasteiger partial charge in [0.05, 0.1) is 26.2 Å². The molecule has 24 heavy (non-hydrogen) atoms. The fourth-order valence-electron chi connectivity index (χ4n) is 2.89. The molecule has 0 rings (SSSR count). The Morgan fingerprint density at radius 2 is 1.04 bits per heavy atom. The molecule has 0 aliphatic carbocycles. The van der Waals surface area contributed by atoms with Crippen molar-refractivity contribution in [3.05, 3.63) is 0 Å². The van der Waals surface area contributed by atoms with Crippen LogP contribution >= 0.6 is 0 Å². The molecule has 0 unspecified atom stereocenters. The van der Waals surface area contributed by atoms with Crippen LogP contribution in [0.25, 0.3) is 0 Å². The number of carbonyl (C=O) groups excluding carboxylic acids is 1. The number of unbranched alkanes of at least 4 members (excludes halogenated alkanes) is 4. The van der Waals surface area contributed by atoms with Crippen molar-refractivity contribution in [3.8, 4) is 0 Å². The van der Waals surface area contributed by atoms with Crippen LogP contribution in [-0.4, -0.2) is 36.6 Å². The summed E-state index contributed by atoms with van der Waals surface area (Å²) >= 11 is 0. The summed E-state index contributed by atoms with van der Waals surface area (Å²) in [5, 5.41) is 0. The summed E-state index contributed by atoms with van der Waals surface area (Å²) in [5.41, 5.74) is 0. The maximum Gasteiger partial charge on any atom is 0.348 e. The minimum atomic E-state index is -0.789. The molecule has 3 nitrogen and oxygen atoms in total. The SMILES string of the molecule is CCCC(=O)OF.CCCC[N+](CCCC)(CCCC)CCCC. The molecule has 0 amide bonds. The molecule has 0 aromatic heterocycles. The molecule has 0 aliphatic rings. The zero-order chi connectivity index (χ0) is 18.7. The van der Waals surface area contributed by atoms with E-state index in [4.69, 9.17) is 0 Å². The number of quaternary nitrogens is 1. The number of halogens is 1. The largest absolute Gasteiger partial charge is 0.348 e. The van der Waals surface area contributed by atoms with Gasteiger partial charge < -0.3 is 4.48 Å². The highest BCUT2D eigenvalue weighted by atomic mass is 19.3. The topological polar surface area (TPSA) is 26.3 Å². The van der Waals surface area contributed by atoms with Gasteiger partial charge in [0.2, 0.25) is 0 Å². The number of rotatable bonds is 14. The van der Waals surface area contributed by atoms with E-state index in [0.717, 1.165) is 0 Å². The summed E-state index contributed by atoms with van der Waals surface area (Å²) in [7, 11) is 0. The number of nitrogens with zero attached hydrogens (tertiary/aromatic N) is 1. The summed E-state index contributed by atoms with van der Waals surface area (Å²) in [6.45, 7) is 16.8. The van der Waals surface area contributed by atoms with Crippen LogP contribution in [-0.2, 0) is 9.74 Å². The highest BCUT2D eigenvalue weighted by molar-refractivity contribution is 5.68. The van der Waals surface area contributed by atoms with Crippen LogP contribution in [0.2, 0.25) is 0 Å². The maximum atomic E-state index is 10.7. The van der Waals surface area contributed by atoms with Gasteiger partial charge in [-0.15, -0.1) is 0 Å². The second kappa shape index (κ2) is 18.7. The van der Waals surface area contributed by atoms with Crippen molar-refractivity contribution in [3.63, 3.8) is 0 Å². The molecule has 0 N–H and O–H groups in total. The van der Waals surface area contributed by atoms with Gasteiger partial charge in [0, 0.05) is 10.9 Å². The standard InChI is InChI=1S/C16H36N.C4H7FO2/c1-5-9-13-17(14-10-6-2,15-11-7-3)16-12-8-4;1-2-3-4(6)7-5/h5-16H2,1-4H3;2-3H2,1H3/q+1;. The third kappa shape index (κ3) is 14.9. The van der Waals surface area contributed by atoms with Crippen molar-refractivity contribution in [2.75, 3.05) is 26.2 Å². The molecule has 4 heteroatoms. The van der Waals surface area contributed by atoms with E-state index in [9.17, 15) is 9.32 Å². The Kier molecular flexibility index (Phi) is 19.9. The molecule has 0 saturated heterocycles. The van der Waals surface area contributed by atoms with Crippen LogP contribution in [0.15, 0.2) is 0 Å². The monoisotopic (exact) mass is 348 g/mol. The van der Waals surface area contributed by atoms with E-state index < -0.39 is 5.97 Å². The molecule has 0 bridgehead atoms. The van der Waals surface area contributed by atoms with E-state index in [0.29, 0.717) is 6.42 Å². The van der Waals surface area contributed by atoms with Crippen LogP contribution in [0.5, 0.6) is 0 Å². The van der Waals surface area contributed by atoms with Gasteiger partial charge in [-0.2, -0.15) is 0 Å². The quantitative estimate of drug-likeness (QED) is 0.348. The van der Waals surface area contributed by atoms with E-state index in [-0.39, 0.29) is 6.42 Å². The van der Waals surface area contributed by atoms with E-state index in [1.54, 1.807) is 6.92 Å². The lowest BCUT2D eigenvalue weighted by Crippen LogP contribution is -2.50. The van der Waals surface area contributed by atoms with E-state index in [1.807, 2.05) is 0 Å². The molecular weight excluding hydrogens is 305 g/mol. The molecule has 146 valence electrons. The lowest BCUT2D eigenvalue weighted by atomic mass is 10.1. The minimum absolute atomic E-state index is 0.163. The molecular formula is C20H43FNO2+. The van der Waals surface area contributed by atoms with Crippen molar-refractivity contribution in [2.45, 2.75) is 98.8 Å². The van der Waals surface area contributed by atoms with Crippen LogP contribution < -0.4 is 0 Å². The third-order valence-corrected chi connectivity index (χ3v) is 4.48. The second-order valence-electron chi connectivity index (χ2n) is 6.85. The fourth-order valence-corrected chi connectivity index (χ4v) is 2.89. The molecule has 0 saturated carbocycles. The second-order valence-corrected chi connectivity index (χ2v) is 6.85. The highest BCUT2D eigenvalue weighted by Gasteiger charge is 2.24. The normalized spacial score (nSPS) is 10.9. The number of carbonyl (C=O) groups is 1. The van der Waals surface area contributed by atoms with Crippen molar-refractivity contribution in [1.82, 2.24) is 0 Å². The fraction of sp³-hybridized carbons (Fsp3) is 0.950. The molecule has 0 heterocycles. The van der Waals surface area contributed by atoms with Crippen LogP contribution in [0.1, 0.15) is 98.8 Å². The Morgan fingerprint density at radius 1 is 0.708 bits per heavy atom. The Morgan fingerprint density at radius 3 is 1.21 bits per heavy atom. The van der Waals surface area contributed by atoms with Crippen molar-refractivity contribution < 1.29 is 18.7 Å². The van der Waals surface area contributed by atoms with Crippen LogP contribution in [0.4, 0.5) is 4.53 Å². The maximum absolute atomic E-state index is 10.7. The van der Waals surface area contributed by atoms with E-state index in [2.05, 4.69) is 32.6 Å². The van der Waals surface area contributed by atoms with Gasteiger partial charge in [0.1, 0.15) is 0 Å². The predicted octanol–water partition coefficient (Wildman–Crippen LogP) is 6.22. The lowest BCUT2D eigenvalue weighted by molar-refractivity contribution is -0.929. The Balaban J connectivity index is 0. The number of hydrogen-bond donors (Lipinski definition) is 0. The van der Waals surface area contributed by atoms with Gasteiger partial charge in [-0.25, -0.2) is 4.79 Å². The molecule has 0 radical (unpaired) electrons. The van der Waals surface area contributed by atoms with Gasteiger partial charge in [-0.05, 0) is 32.1 Å². The van der Waals surface area contributed by atoms with Gasteiger partial charge in [-0.3, -0.25) is 4.94 Å². The smallest absolute Gasteiger partial charge is 0.324 e. The molecule has 0 spiro atoms.